The van der Waals surface area contributed by atoms with Crippen LogP contribution < -0.4 is 16.0 Å². The fourth-order valence-electron chi connectivity index (χ4n) is 0.825. The largest absolute Gasteiger partial charge is 0.354 e. The minimum absolute atomic E-state index is 0.0844. The van der Waals surface area contributed by atoms with Crippen LogP contribution in [0.4, 0.5) is 17.8 Å². The summed E-state index contributed by atoms with van der Waals surface area (Å²) in [5, 5.41) is 24.2. The highest BCUT2D eigenvalue weighted by Crippen LogP contribution is 2.07. The Bertz CT molecular complexity index is 380. The summed E-state index contributed by atoms with van der Waals surface area (Å²) >= 11 is 0. The lowest BCUT2D eigenvalue weighted by atomic mass is 10.7. The number of nitrogens with zero attached hydrogens (tertiary/aromatic N) is 5. The zero-order valence-electron chi connectivity index (χ0n) is 7.94. The van der Waals surface area contributed by atoms with Crippen molar-refractivity contribution >= 4 is 17.8 Å². The van der Waals surface area contributed by atoms with Gasteiger partial charge in [0.2, 0.25) is 17.8 Å². The molecule has 0 spiro atoms. The highest BCUT2D eigenvalue weighted by molar-refractivity contribution is 5.45. The SMILES string of the molecule is CCNc1nc(NC#N)nc(NC#N)n1. The first-order valence-corrected chi connectivity index (χ1v) is 4.10. The topological polar surface area (TPSA) is 122 Å². The van der Waals surface area contributed by atoms with Crippen molar-refractivity contribution in [2.45, 2.75) is 6.92 Å². The van der Waals surface area contributed by atoms with Gasteiger partial charge in [-0.2, -0.15) is 25.5 Å². The van der Waals surface area contributed by atoms with Crippen molar-refractivity contribution < 1.29 is 0 Å². The zero-order chi connectivity index (χ0) is 11.1. The number of aromatic nitrogens is 3. The van der Waals surface area contributed by atoms with Crippen molar-refractivity contribution in [3.05, 3.63) is 0 Å². The third-order valence-corrected chi connectivity index (χ3v) is 1.31. The number of hydrogen-bond donors (Lipinski definition) is 3. The normalized spacial score (nSPS) is 8.47. The third kappa shape index (κ3) is 2.97. The second kappa shape index (κ2) is 5.19. The maximum atomic E-state index is 8.39. The molecule has 8 heteroatoms. The molecule has 15 heavy (non-hydrogen) atoms. The first kappa shape index (κ1) is 10.5. The van der Waals surface area contributed by atoms with Gasteiger partial charge in [0.25, 0.3) is 0 Å². The Morgan fingerprint density at radius 3 is 1.87 bits per heavy atom. The molecule has 0 unspecified atom stereocenters. The molecule has 0 amide bonds. The van der Waals surface area contributed by atoms with Crippen LogP contribution in [-0.4, -0.2) is 21.5 Å². The molecule has 0 saturated carbocycles. The van der Waals surface area contributed by atoms with E-state index < -0.39 is 0 Å². The van der Waals surface area contributed by atoms with Crippen molar-refractivity contribution in [2.24, 2.45) is 0 Å². The van der Waals surface area contributed by atoms with Crippen LogP contribution in [0.2, 0.25) is 0 Å². The summed E-state index contributed by atoms with van der Waals surface area (Å²) in [6.07, 6.45) is 3.36. The monoisotopic (exact) mass is 204 g/mol. The van der Waals surface area contributed by atoms with Crippen LogP contribution in [0.3, 0.4) is 0 Å². The molecule has 0 radical (unpaired) electrons. The summed E-state index contributed by atoms with van der Waals surface area (Å²) in [6, 6.07) is 0. The molecule has 1 aromatic rings. The highest BCUT2D eigenvalue weighted by atomic mass is 15.3. The summed E-state index contributed by atoms with van der Waals surface area (Å²) in [7, 11) is 0. The van der Waals surface area contributed by atoms with E-state index in [-0.39, 0.29) is 11.9 Å². The molecule has 1 heterocycles. The van der Waals surface area contributed by atoms with Gasteiger partial charge in [0, 0.05) is 6.54 Å². The summed E-state index contributed by atoms with van der Waals surface area (Å²) < 4.78 is 0. The molecule has 0 aromatic carbocycles. The Morgan fingerprint density at radius 2 is 1.47 bits per heavy atom. The van der Waals surface area contributed by atoms with Gasteiger partial charge in [-0.3, -0.25) is 10.6 Å². The highest BCUT2D eigenvalue weighted by Gasteiger charge is 2.04. The molecule has 0 aliphatic heterocycles. The Hall–Kier alpha value is -2.61. The van der Waals surface area contributed by atoms with Crippen molar-refractivity contribution in [3.8, 4) is 12.4 Å². The van der Waals surface area contributed by atoms with Crippen LogP contribution in [0, 0.1) is 22.9 Å². The van der Waals surface area contributed by atoms with E-state index in [2.05, 4.69) is 30.9 Å². The Morgan fingerprint density at radius 1 is 1.00 bits per heavy atom. The van der Waals surface area contributed by atoms with E-state index in [1.165, 1.54) is 0 Å². The smallest absolute Gasteiger partial charge is 0.242 e. The summed E-state index contributed by atoms with van der Waals surface area (Å²) in [5.74, 6) is 0.463. The van der Waals surface area contributed by atoms with Crippen molar-refractivity contribution in [2.75, 3.05) is 22.5 Å². The molecule has 1 aromatic heterocycles. The average molecular weight is 204 g/mol. The van der Waals surface area contributed by atoms with E-state index in [0.717, 1.165) is 0 Å². The van der Waals surface area contributed by atoms with E-state index in [0.29, 0.717) is 12.5 Å². The van der Waals surface area contributed by atoms with Gasteiger partial charge in [-0.25, -0.2) is 0 Å². The number of nitriles is 2. The van der Waals surface area contributed by atoms with Crippen LogP contribution >= 0.6 is 0 Å². The molecule has 1 rings (SSSR count). The second-order valence-electron chi connectivity index (χ2n) is 2.31. The number of rotatable bonds is 4. The summed E-state index contributed by atoms with van der Waals surface area (Å²) in [5.41, 5.74) is 0. The van der Waals surface area contributed by atoms with Gasteiger partial charge in [-0.05, 0) is 6.92 Å². The van der Waals surface area contributed by atoms with Crippen molar-refractivity contribution in [1.82, 2.24) is 15.0 Å². The zero-order valence-corrected chi connectivity index (χ0v) is 7.94. The first-order valence-electron chi connectivity index (χ1n) is 4.10. The molecule has 76 valence electrons. The molecular weight excluding hydrogens is 196 g/mol. The number of nitrogens with one attached hydrogen (secondary N) is 3. The summed E-state index contributed by atoms with van der Waals surface area (Å²) in [4.78, 5) is 11.5. The van der Waals surface area contributed by atoms with Crippen LogP contribution in [0.5, 0.6) is 0 Å². The second-order valence-corrected chi connectivity index (χ2v) is 2.31. The van der Waals surface area contributed by atoms with Gasteiger partial charge in [0.15, 0.2) is 12.4 Å². The van der Waals surface area contributed by atoms with Crippen LogP contribution in [0.15, 0.2) is 0 Å². The van der Waals surface area contributed by atoms with E-state index in [9.17, 15) is 0 Å². The van der Waals surface area contributed by atoms with Crippen molar-refractivity contribution in [1.29, 1.82) is 10.5 Å². The van der Waals surface area contributed by atoms with Gasteiger partial charge < -0.3 is 5.32 Å². The Kier molecular flexibility index (Phi) is 3.62. The van der Waals surface area contributed by atoms with Gasteiger partial charge in [-0.1, -0.05) is 0 Å². The predicted octanol–water partition coefficient (Wildman–Crippen LogP) is 0.0894. The minimum atomic E-state index is 0.0844. The maximum Gasteiger partial charge on any atom is 0.242 e. The van der Waals surface area contributed by atoms with Gasteiger partial charge in [0.1, 0.15) is 0 Å². The van der Waals surface area contributed by atoms with E-state index in [4.69, 9.17) is 10.5 Å². The molecular formula is C7H8N8. The third-order valence-electron chi connectivity index (χ3n) is 1.31. The van der Waals surface area contributed by atoms with Gasteiger partial charge >= 0.3 is 0 Å². The standard InChI is InChI=1S/C7H8N8/c1-2-10-5-13-6(11-3-8)15-7(14-5)12-4-9/h2H2,1H3,(H3,10,11,12,13,14,15). The molecule has 0 bridgehead atoms. The van der Waals surface area contributed by atoms with Gasteiger partial charge in [-0.15, -0.1) is 0 Å². The lowest BCUT2D eigenvalue weighted by Crippen LogP contribution is -2.08. The quantitative estimate of drug-likeness (QED) is 0.465. The fraction of sp³-hybridized carbons (Fsp3) is 0.286. The van der Waals surface area contributed by atoms with Gasteiger partial charge in [0.05, 0.1) is 0 Å². The van der Waals surface area contributed by atoms with E-state index >= 15 is 0 Å². The van der Waals surface area contributed by atoms with E-state index in [1.54, 1.807) is 12.4 Å². The lowest BCUT2D eigenvalue weighted by molar-refractivity contribution is 1.03. The molecule has 0 aliphatic rings. The lowest BCUT2D eigenvalue weighted by Gasteiger charge is -2.04. The van der Waals surface area contributed by atoms with Crippen LogP contribution in [0.1, 0.15) is 6.92 Å². The number of hydrogen-bond acceptors (Lipinski definition) is 8. The van der Waals surface area contributed by atoms with Crippen LogP contribution in [-0.2, 0) is 0 Å². The molecule has 3 N–H and O–H groups in total. The summed E-state index contributed by atoms with van der Waals surface area (Å²) in [6.45, 7) is 2.50. The Labute approximate surface area is 86.0 Å². The van der Waals surface area contributed by atoms with E-state index in [1.807, 2.05) is 6.92 Å². The molecule has 0 saturated heterocycles. The van der Waals surface area contributed by atoms with Crippen molar-refractivity contribution in [3.63, 3.8) is 0 Å². The average Bonchev–Trinajstić information content (AvgIpc) is 2.19. The molecule has 0 fully saturated rings. The first-order chi connectivity index (χ1) is 7.30. The number of anilines is 3. The Balaban J connectivity index is 2.98. The maximum absolute atomic E-state index is 8.39. The predicted molar refractivity (Wildman–Crippen MR) is 52.5 cm³/mol. The molecule has 8 nitrogen and oxygen atoms in total. The molecule has 0 aliphatic carbocycles. The fourth-order valence-corrected chi connectivity index (χ4v) is 0.825. The minimum Gasteiger partial charge on any atom is -0.354 e. The van der Waals surface area contributed by atoms with Crippen LogP contribution in [0.25, 0.3) is 0 Å². The molecule has 0 atom stereocenters.